The molecular formula is C39H54N2O3. The van der Waals surface area contributed by atoms with Crippen molar-refractivity contribution in [2.24, 2.45) is 0 Å². The summed E-state index contributed by atoms with van der Waals surface area (Å²) in [5.41, 5.74) is 5.47. The summed E-state index contributed by atoms with van der Waals surface area (Å²) in [6, 6.07) is 16.6. The van der Waals surface area contributed by atoms with E-state index in [1.807, 2.05) is 35.8 Å². The van der Waals surface area contributed by atoms with E-state index in [4.69, 9.17) is 9.47 Å². The lowest BCUT2D eigenvalue weighted by atomic mass is 10.1. The van der Waals surface area contributed by atoms with Gasteiger partial charge in [0, 0.05) is 30.6 Å². The highest BCUT2D eigenvalue weighted by Gasteiger charge is 2.21. The van der Waals surface area contributed by atoms with Crippen LogP contribution in [0.25, 0.3) is 10.9 Å². The van der Waals surface area contributed by atoms with Crippen LogP contribution in [0.4, 0.5) is 5.69 Å². The molecule has 1 heterocycles. The number of benzene rings is 2. The Morgan fingerprint density at radius 3 is 2.36 bits per heavy atom. The van der Waals surface area contributed by atoms with Crippen LogP contribution in [0.3, 0.4) is 0 Å². The molecule has 0 aliphatic heterocycles. The highest BCUT2D eigenvalue weighted by molar-refractivity contribution is 5.90. The van der Waals surface area contributed by atoms with Crippen LogP contribution in [-0.2, 0) is 13.1 Å². The van der Waals surface area contributed by atoms with Gasteiger partial charge in [-0.3, -0.25) is 4.79 Å². The normalized spacial score (nSPS) is 12.0. The summed E-state index contributed by atoms with van der Waals surface area (Å²) in [4.78, 5) is 14.2. The SMILES string of the molecule is CC=C(CC)Oc1c(OC/C=C(\C)CCC=C(C)C)c(=O)n(CCCCCCCC)c2cc(NCc3ccccc3)ccc12. The van der Waals surface area contributed by atoms with Gasteiger partial charge in [0.1, 0.15) is 6.61 Å². The predicted molar refractivity (Wildman–Crippen MR) is 188 cm³/mol. The van der Waals surface area contributed by atoms with E-state index in [-0.39, 0.29) is 11.3 Å². The molecule has 5 heteroatoms. The first-order valence-electron chi connectivity index (χ1n) is 16.6. The average Bonchev–Trinajstić information content (AvgIpc) is 3.02. The molecule has 0 unspecified atom stereocenters. The molecule has 1 N–H and O–H groups in total. The molecule has 44 heavy (non-hydrogen) atoms. The molecule has 0 amide bonds. The van der Waals surface area contributed by atoms with E-state index in [1.165, 1.54) is 42.4 Å². The van der Waals surface area contributed by atoms with E-state index in [0.29, 0.717) is 25.4 Å². The fourth-order valence-electron chi connectivity index (χ4n) is 5.23. The Kier molecular flexibility index (Phi) is 14.9. The molecule has 238 valence electrons. The number of anilines is 1. The quantitative estimate of drug-likeness (QED) is 0.0847. The second-order valence-corrected chi connectivity index (χ2v) is 11.8. The number of hydrogen-bond donors (Lipinski definition) is 1. The van der Waals surface area contributed by atoms with Crippen molar-refractivity contribution in [2.45, 2.75) is 112 Å². The van der Waals surface area contributed by atoms with Gasteiger partial charge >= 0.3 is 0 Å². The van der Waals surface area contributed by atoms with Crippen molar-refractivity contribution < 1.29 is 9.47 Å². The number of ether oxygens (including phenoxy) is 2. The zero-order valence-corrected chi connectivity index (χ0v) is 28.0. The number of nitrogens with zero attached hydrogens (tertiary/aromatic N) is 1. The van der Waals surface area contributed by atoms with Crippen LogP contribution in [-0.4, -0.2) is 11.2 Å². The monoisotopic (exact) mass is 598 g/mol. The van der Waals surface area contributed by atoms with Crippen LogP contribution in [0.1, 0.15) is 105 Å². The number of fused-ring (bicyclic) bond motifs is 1. The molecule has 3 aromatic rings. The summed E-state index contributed by atoms with van der Waals surface area (Å²) in [6.45, 7) is 14.3. The summed E-state index contributed by atoms with van der Waals surface area (Å²) in [5, 5.41) is 4.43. The van der Waals surface area contributed by atoms with Crippen LogP contribution < -0.4 is 20.3 Å². The minimum absolute atomic E-state index is 0.136. The fraction of sp³-hybridized carbons (Fsp3) is 0.462. The Morgan fingerprint density at radius 2 is 1.66 bits per heavy atom. The Balaban J connectivity index is 2.02. The summed E-state index contributed by atoms with van der Waals surface area (Å²) >= 11 is 0. The summed E-state index contributed by atoms with van der Waals surface area (Å²) < 4.78 is 14.7. The van der Waals surface area contributed by atoms with Crippen molar-refractivity contribution in [3.63, 3.8) is 0 Å². The van der Waals surface area contributed by atoms with Crippen LogP contribution in [0.5, 0.6) is 11.5 Å². The lowest BCUT2D eigenvalue weighted by Crippen LogP contribution is -2.24. The molecule has 0 fully saturated rings. The summed E-state index contributed by atoms with van der Waals surface area (Å²) in [6.07, 6.45) is 15.9. The molecular weight excluding hydrogens is 544 g/mol. The molecule has 0 atom stereocenters. The number of aryl methyl sites for hydroxylation is 1. The van der Waals surface area contributed by atoms with Crippen LogP contribution in [0, 0.1) is 0 Å². The molecule has 3 rings (SSSR count). The van der Waals surface area contributed by atoms with Gasteiger partial charge in [0.25, 0.3) is 5.56 Å². The number of unbranched alkanes of at least 4 members (excludes halogenated alkanes) is 5. The molecule has 0 aliphatic rings. The minimum Gasteiger partial charge on any atom is -0.481 e. The smallest absolute Gasteiger partial charge is 0.297 e. The standard InChI is InChI=1S/C39H54N2O3/c1-7-10-11-12-13-17-26-41-36-28-33(40-29-32-21-15-14-16-22-32)23-24-35(36)37(44-34(8-2)9-3)38(39(41)42)43-27-25-31(6)20-18-19-30(4)5/h8,14-16,19,21-25,28,40H,7,9-13,17-18,20,26-27,29H2,1-6H3/b31-25+,34-8?. The third kappa shape index (κ3) is 10.8. The maximum absolute atomic E-state index is 14.2. The largest absolute Gasteiger partial charge is 0.481 e. The van der Waals surface area contributed by atoms with Crippen molar-refractivity contribution in [1.29, 1.82) is 0 Å². The van der Waals surface area contributed by atoms with Gasteiger partial charge < -0.3 is 19.4 Å². The van der Waals surface area contributed by atoms with Gasteiger partial charge in [-0.25, -0.2) is 0 Å². The van der Waals surface area contributed by atoms with Gasteiger partial charge in [0.2, 0.25) is 5.75 Å². The molecule has 0 saturated heterocycles. The van der Waals surface area contributed by atoms with E-state index in [1.54, 1.807) is 0 Å². The summed E-state index contributed by atoms with van der Waals surface area (Å²) in [5.74, 6) is 1.60. The number of hydrogen-bond acceptors (Lipinski definition) is 4. The molecule has 0 bridgehead atoms. The Labute approximate surface area is 265 Å². The van der Waals surface area contributed by atoms with E-state index < -0.39 is 0 Å². The van der Waals surface area contributed by atoms with Gasteiger partial charge in [-0.2, -0.15) is 0 Å². The maximum atomic E-state index is 14.2. The number of pyridine rings is 1. The second kappa shape index (κ2) is 18.8. The molecule has 0 radical (unpaired) electrons. The van der Waals surface area contributed by atoms with Crippen molar-refractivity contribution in [3.05, 3.63) is 99.6 Å². The first-order chi connectivity index (χ1) is 21.4. The number of aromatic nitrogens is 1. The van der Waals surface area contributed by atoms with E-state index in [9.17, 15) is 4.79 Å². The van der Waals surface area contributed by atoms with Crippen LogP contribution >= 0.6 is 0 Å². The molecule has 5 nitrogen and oxygen atoms in total. The predicted octanol–water partition coefficient (Wildman–Crippen LogP) is 10.7. The molecule has 0 saturated carbocycles. The van der Waals surface area contributed by atoms with Gasteiger partial charge in [0.05, 0.1) is 11.3 Å². The van der Waals surface area contributed by atoms with Crippen molar-refractivity contribution >= 4 is 16.6 Å². The van der Waals surface area contributed by atoms with E-state index in [0.717, 1.165) is 54.5 Å². The molecule has 2 aromatic carbocycles. The first kappa shape index (κ1) is 34.8. The second-order valence-electron chi connectivity index (χ2n) is 11.8. The summed E-state index contributed by atoms with van der Waals surface area (Å²) in [7, 11) is 0. The molecule has 0 aliphatic carbocycles. The Bertz CT molecular complexity index is 1460. The zero-order chi connectivity index (χ0) is 31.7. The van der Waals surface area contributed by atoms with E-state index in [2.05, 4.69) is 82.4 Å². The van der Waals surface area contributed by atoms with Crippen molar-refractivity contribution in [1.82, 2.24) is 4.57 Å². The van der Waals surface area contributed by atoms with Gasteiger partial charge in [-0.1, -0.05) is 93.5 Å². The average molecular weight is 599 g/mol. The fourth-order valence-corrected chi connectivity index (χ4v) is 5.23. The van der Waals surface area contributed by atoms with Gasteiger partial charge in [-0.15, -0.1) is 0 Å². The van der Waals surface area contributed by atoms with Gasteiger partial charge in [-0.05, 0) is 82.9 Å². The number of rotatable bonds is 19. The van der Waals surface area contributed by atoms with Crippen molar-refractivity contribution in [3.8, 4) is 11.5 Å². The Morgan fingerprint density at radius 1 is 0.909 bits per heavy atom. The van der Waals surface area contributed by atoms with Crippen molar-refractivity contribution in [2.75, 3.05) is 11.9 Å². The van der Waals surface area contributed by atoms with Crippen LogP contribution in [0.15, 0.2) is 88.5 Å². The first-order valence-corrected chi connectivity index (χ1v) is 16.6. The third-order valence-corrected chi connectivity index (χ3v) is 7.91. The Hall–Kier alpha value is -3.73. The number of nitrogens with one attached hydrogen (secondary N) is 1. The maximum Gasteiger partial charge on any atom is 0.297 e. The molecule has 0 spiro atoms. The topological polar surface area (TPSA) is 52.5 Å². The minimum atomic E-state index is -0.136. The lowest BCUT2D eigenvalue weighted by Gasteiger charge is -2.20. The highest BCUT2D eigenvalue weighted by atomic mass is 16.5. The zero-order valence-electron chi connectivity index (χ0n) is 28.0. The van der Waals surface area contributed by atoms with Gasteiger partial charge in [0.15, 0.2) is 5.75 Å². The van der Waals surface area contributed by atoms with E-state index >= 15 is 0 Å². The third-order valence-electron chi connectivity index (χ3n) is 7.91. The van der Waals surface area contributed by atoms with Crippen LogP contribution in [0.2, 0.25) is 0 Å². The molecule has 1 aromatic heterocycles. The lowest BCUT2D eigenvalue weighted by molar-refractivity contribution is 0.320. The highest BCUT2D eigenvalue weighted by Crippen LogP contribution is 2.36. The number of allylic oxidation sites excluding steroid dienone is 5.